The fourth-order valence-electron chi connectivity index (χ4n) is 3.62. The first-order chi connectivity index (χ1) is 11.6. The summed E-state index contributed by atoms with van der Waals surface area (Å²) in [4.78, 5) is 15.1. The van der Waals surface area contributed by atoms with Crippen LogP contribution in [0.1, 0.15) is 30.8 Å². The third-order valence-electron chi connectivity index (χ3n) is 5.09. The van der Waals surface area contributed by atoms with Gasteiger partial charge in [-0.3, -0.25) is 4.90 Å². The lowest BCUT2D eigenvalue weighted by molar-refractivity contribution is -0.190. The van der Waals surface area contributed by atoms with Gasteiger partial charge in [0.15, 0.2) is 17.2 Å². The van der Waals surface area contributed by atoms with Crippen LogP contribution in [0, 0.1) is 0 Å². The van der Waals surface area contributed by atoms with Crippen molar-refractivity contribution in [2.24, 2.45) is 0 Å². The molecule has 2 aromatic heterocycles. The van der Waals surface area contributed by atoms with Gasteiger partial charge in [0.1, 0.15) is 0 Å². The Hall–Kier alpha value is -2.31. The molecule has 0 aromatic carbocycles. The van der Waals surface area contributed by atoms with Crippen LogP contribution < -0.4 is 0 Å². The van der Waals surface area contributed by atoms with E-state index in [1.165, 1.54) is 24.7 Å². The molecule has 1 N–H and O–H groups in total. The van der Waals surface area contributed by atoms with Crippen molar-refractivity contribution in [2.45, 2.75) is 36.6 Å². The average molecular weight is 329 g/mol. The molecule has 1 fully saturated rings. The molecule has 2 bridgehead atoms. The second kappa shape index (κ2) is 5.36. The second-order valence-electron chi connectivity index (χ2n) is 6.34. The highest BCUT2D eigenvalue weighted by Crippen LogP contribution is 2.42. The normalized spacial score (nSPS) is 26.7. The van der Waals surface area contributed by atoms with E-state index >= 15 is 0 Å². The first kappa shape index (κ1) is 15.2. The summed E-state index contributed by atoms with van der Waals surface area (Å²) in [7, 11) is 1.94. The summed E-state index contributed by atoms with van der Waals surface area (Å²) in [6.45, 7) is 0. The molecule has 2 aliphatic heterocycles. The third-order valence-corrected chi connectivity index (χ3v) is 5.09. The number of furan rings is 2. The maximum absolute atomic E-state index is 13.0. The number of hydrogen-bond acceptors (Lipinski definition) is 6. The van der Waals surface area contributed by atoms with Gasteiger partial charge in [-0.25, -0.2) is 4.79 Å². The molecule has 0 aliphatic carbocycles. The summed E-state index contributed by atoms with van der Waals surface area (Å²) in [5, 5.41) is 11.1. The summed E-state index contributed by atoms with van der Waals surface area (Å²) in [5.41, 5.74) is -2.95. The minimum atomic E-state index is -2.12. The Morgan fingerprint density at radius 1 is 1.33 bits per heavy atom. The maximum Gasteiger partial charge on any atom is 0.356 e. The molecule has 2 aliphatic rings. The molecule has 24 heavy (non-hydrogen) atoms. The van der Waals surface area contributed by atoms with Crippen molar-refractivity contribution in [3.05, 3.63) is 60.5 Å². The Labute approximate surface area is 139 Å². The number of aliphatic hydroxyl groups is 1. The van der Waals surface area contributed by atoms with Crippen LogP contribution in [0.5, 0.6) is 0 Å². The van der Waals surface area contributed by atoms with Gasteiger partial charge in [0.25, 0.3) is 5.60 Å². The number of carbonyl (C=O) groups excluding carboxylic acids is 1. The number of fused-ring (bicyclic) bond motifs is 2. The van der Waals surface area contributed by atoms with E-state index in [1.54, 1.807) is 12.1 Å². The van der Waals surface area contributed by atoms with Crippen molar-refractivity contribution in [2.75, 3.05) is 7.05 Å². The van der Waals surface area contributed by atoms with Gasteiger partial charge < -0.3 is 18.7 Å². The number of hydrogen-bond donors (Lipinski definition) is 1. The molecule has 4 heterocycles. The largest absolute Gasteiger partial charge is 0.465 e. The van der Waals surface area contributed by atoms with Gasteiger partial charge in [0.05, 0.1) is 12.5 Å². The van der Waals surface area contributed by atoms with Crippen LogP contribution in [0.3, 0.4) is 0 Å². The molecule has 2 atom stereocenters. The standard InChI is InChI=1S/C18H19NO5/c1-19-13-5-2-9-17(19,10-8-13)24-16(20)18(21,14-6-3-11-22-14)15-7-4-12-23-15/h2-4,6-7,9,11-13,21H,5,8,10H2,1H3/t13-,17-/m1/s1. The quantitative estimate of drug-likeness (QED) is 0.686. The fourth-order valence-corrected chi connectivity index (χ4v) is 3.62. The van der Waals surface area contributed by atoms with Gasteiger partial charge in [-0.05, 0) is 50.2 Å². The van der Waals surface area contributed by atoms with E-state index in [1.807, 2.05) is 19.2 Å². The van der Waals surface area contributed by atoms with Crippen molar-refractivity contribution in [3.8, 4) is 0 Å². The summed E-state index contributed by atoms with van der Waals surface area (Å²) in [6, 6.07) is 6.61. The van der Waals surface area contributed by atoms with Gasteiger partial charge in [-0.1, -0.05) is 6.08 Å². The van der Waals surface area contributed by atoms with Crippen molar-refractivity contribution in [1.29, 1.82) is 0 Å². The van der Waals surface area contributed by atoms with E-state index in [-0.39, 0.29) is 11.5 Å². The Bertz CT molecular complexity index is 714. The number of esters is 1. The molecule has 6 heteroatoms. The second-order valence-corrected chi connectivity index (χ2v) is 6.34. The summed E-state index contributed by atoms with van der Waals surface area (Å²) >= 11 is 0. The highest BCUT2D eigenvalue weighted by molar-refractivity contribution is 5.84. The lowest BCUT2D eigenvalue weighted by Crippen LogP contribution is -2.52. The number of carbonyl (C=O) groups is 1. The predicted molar refractivity (Wildman–Crippen MR) is 83.8 cm³/mol. The van der Waals surface area contributed by atoms with Gasteiger partial charge in [-0.15, -0.1) is 0 Å². The fraction of sp³-hybridized carbons (Fsp3) is 0.389. The Morgan fingerprint density at radius 2 is 2.00 bits per heavy atom. The van der Waals surface area contributed by atoms with Crippen molar-refractivity contribution < 1.29 is 23.5 Å². The van der Waals surface area contributed by atoms with Gasteiger partial charge in [-0.2, -0.15) is 0 Å². The lowest BCUT2D eigenvalue weighted by atomic mass is 9.97. The zero-order valence-corrected chi connectivity index (χ0v) is 13.3. The lowest BCUT2D eigenvalue weighted by Gasteiger charge is -2.39. The van der Waals surface area contributed by atoms with Crippen LogP contribution in [-0.2, 0) is 15.1 Å². The number of rotatable bonds is 4. The van der Waals surface area contributed by atoms with Crippen molar-refractivity contribution in [1.82, 2.24) is 4.90 Å². The minimum Gasteiger partial charge on any atom is -0.465 e. The van der Waals surface area contributed by atoms with Gasteiger partial charge >= 0.3 is 5.97 Å². The summed E-state index contributed by atoms with van der Waals surface area (Å²) in [6.07, 6.45) is 9.30. The Kier molecular flexibility index (Phi) is 3.40. The van der Waals surface area contributed by atoms with E-state index in [4.69, 9.17) is 13.6 Å². The monoisotopic (exact) mass is 329 g/mol. The smallest absolute Gasteiger partial charge is 0.356 e. The minimum absolute atomic E-state index is 0.0656. The molecule has 0 amide bonds. The topological polar surface area (TPSA) is 76.0 Å². The average Bonchev–Trinajstić information content (AvgIpc) is 3.30. The molecule has 0 spiro atoms. The summed E-state index contributed by atoms with van der Waals surface area (Å²) in [5.74, 6) is -0.682. The maximum atomic E-state index is 13.0. The van der Waals surface area contributed by atoms with Crippen LogP contribution in [0.15, 0.2) is 57.8 Å². The molecule has 1 saturated heterocycles. The zero-order valence-electron chi connectivity index (χ0n) is 13.3. The van der Waals surface area contributed by atoms with Crippen LogP contribution in [0.4, 0.5) is 0 Å². The summed E-state index contributed by atoms with van der Waals surface area (Å²) < 4.78 is 16.4. The highest BCUT2D eigenvalue weighted by Gasteiger charge is 2.54. The van der Waals surface area contributed by atoms with Crippen LogP contribution in [-0.4, -0.2) is 34.8 Å². The molecule has 0 saturated carbocycles. The Morgan fingerprint density at radius 3 is 2.58 bits per heavy atom. The van der Waals surface area contributed by atoms with E-state index in [0.29, 0.717) is 12.5 Å². The SMILES string of the molecule is CN1[C@@H]2CC=C[C@@]1(OC(=O)C(O)(c1ccco1)c1ccco1)CC2. The molecule has 6 nitrogen and oxygen atoms in total. The van der Waals surface area contributed by atoms with Crippen LogP contribution >= 0.6 is 0 Å². The van der Waals surface area contributed by atoms with Crippen LogP contribution in [0.2, 0.25) is 0 Å². The van der Waals surface area contributed by atoms with Crippen LogP contribution in [0.25, 0.3) is 0 Å². The van der Waals surface area contributed by atoms with Crippen molar-refractivity contribution in [3.63, 3.8) is 0 Å². The van der Waals surface area contributed by atoms with Gasteiger partial charge in [0.2, 0.25) is 0 Å². The third kappa shape index (κ3) is 2.07. The van der Waals surface area contributed by atoms with E-state index in [0.717, 1.165) is 12.8 Å². The van der Waals surface area contributed by atoms with E-state index < -0.39 is 17.3 Å². The first-order valence-corrected chi connectivity index (χ1v) is 8.01. The molecular formula is C18H19NO5. The molecular weight excluding hydrogens is 310 g/mol. The van der Waals surface area contributed by atoms with Crippen molar-refractivity contribution >= 4 is 5.97 Å². The molecule has 2 aromatic rings. The number of likely N-dealkylation sites (N-methyl/N-ethyl adjacent to an activating group) is 1. The van der Waals surface area contributed by atoms with E-state index in [9.17, 15) is 9.90 Å². The highest BCUT2D eigenvalue weighted by atomic mass is 16.6. The Balaban J connectivity index is 1.71. The number of nitrogens with zero attached hydrogens (tertiary/aromatic N) is 1. The molecule has 0 radical (unpaired) electrons. The molecule has 126 valence electrons. The molecule has 4 rings (SSSR count). The molecule has 0 unspecified atom stereocenters. The van der Waals surface area contributed by atoms with E-state index in [2.05, 4.69) is 4.90 Å². The zero-order chi connectivity index (χ0) is 16.8. The van der Waals surface area contributed by atoms with Gasteiger partial charge in [0, 0.05) is 12.5 Å². The number of ether oxygens (including phenoxy) is 1. The first-order valence-electron chi connectivity index (χ1n) is 8.01. The predicted octanol–water partition coefficient (Wildman–Crippen LogP) is 2.40.